The number of ether oxygens (including phenoxy) is 4. The topological polar surface area (TPSA) is 237 Å². The molecule has 5 atom stereocenters. The van der Waals surface area contributed by atoms with Gasteiger partial charge in [-0.2, -0.15) is 0 Å². The first-order valence-corrected chi connectivity index (χ1v) is 43.3. The van der Waals surface area contributed by atoms with E-state index in [2.05, 4.69) is 65.8 Å². The van der Waals surface area contributed by atoms with Gasteiger partial charge in [-0.15, -0.1) is 0 Å². The highest BCUT2D eigenvalue weighted by Crippen LogP contribution is 2.45. The third kappa shape index (κ3) is 71.9. The SMILES string of the molecule is CCCCCC/C=C\C=C/CCCCCCCC(=O)OC[C@H](COP(=O)(O)OC[C@@H](O)COP(=O)(O)OC[C@@H](COC(=O)CCCCCCCCCCC(C)C)OC(=O)CCCCCCCCCCCCC(C)C)OC(=O)CCCCCCCCCCCCCCCCCCCCC. The smallest absolute Gasteiger partial charge is 0.462 e. The van der Waals surface area contributed by atoms with Gasteiger partial charge in [0, 0.05) is 25.7 Å². The molecule has 0 amide bonds. The van der Waals surface area contributed by atoms with E-state index in [4.69, 9.17) is 37.0 Å². The van der Waals surface area contributed by atoms with E-state index in [1.54, 1.807) is 0 Å². The molecule has 17 nitrogen and oxygen atoms in total. The van der Waals surface area contributed by atoms with Gasteiger partial charge in [-0.05, 0) is 63.2 Å². The summed E-state index contributed by atoms with van der Waals surface area (Å²) in [7, 11) is -9.93. The lowest BCUT2D eigenvalue weighted by Gasteiger charge is -2.21. The molecule has 0 fully saturated rings. The molecule has 3 N–H and O–H groups in total. The van der Waals surface area contributed by atoms with Crippen molar-refractivity contribution in [3.05, 3.63) is 24.3 Å². The summed E-state index contributed by atoms with van der Waals surface area (Å²) in [5.41, 5.74) is 0. The Labute approximate surface area is 599 Å². The summed E-state index contributed by atoms with van der Waals surface area (Å²) in [5.74, 6) is -0.668. The summed E-state index contributed by atoms with van der Waals surface area (Å²) >= 11 is 0. The monoisotopic (exact) mass is 1430 g/mol. The van der Waals surface area contributed by atoms with Crippen molar-refractivity contribution in [2.45, 2.75) is 407 Å². The second-order valence-corrected chi connectivity index (χ2v) is 31.6. The number of hydrogen-bond donors (Lipinski definition) is 3. The van der Waals surface area contributed by atoms with Crippen molar-refractivity contribution in [3.63, 3.8) is 0 Å². The Morgan fingerprint density at radius 1 is 0.316 bits per heavy atom. The molecule has 0 aliphatic carbocycles. The number of carbonyl (C=O) groups is 4. The van der Waals surface area contributed by atoms with Gasteiger partial charge in [0.2, 0.25) is 0 Å². The second-order valence-electron chi connectivity index (χ2n) is 28.7. The van der Waals surface area contributed by atoms with E-state index < -0.39 is 97.5 Å². The maximum atomic E-state index is 13.1. The molecular weight excluding hydrogens is 1280 g/mol. The molecular formula is C79H150O17P2. The predicted octanol–water partition coefficient (Wildman–Crippen LogP) is 23.1. The fraction of sp³-hybridized carbons (Fsp3) is 0.899. The maximum Gasteiger partial charge on any atom is 0.472 e. The van der Waals surface area contributed by atoms with Crippen LogP contribution in [0.1, 0.15) is 388 Å². The number of aliphatic hydroxyl groups is 1. The Balaban J connectivity index is 5.28. The van der Waals surface area contributed by atoms with E-state index >= 15 is 0 Å². The molecule has 0 saturated heterocycles. The minimum absolute atomic E-state index is 0.102. The van der Waals surface area contributed by atoms with Crippen LogP contribution in [0.3, 0.4) is 0 Å². The van der Waals surface area contributed by atoms with E-state index in [0.29, 0.717) is 25.7 Å². The lowest BCUT2D eigenvalue weighted by Crippen LogP contribution is -2.30. The summed E-state index contributed by atoms with van der Waals surface area (Å²) in [6, 6.07) is 0. The fourth-order valence-electron chi connectivity index (χ4n) is 11.6. The summed E-state index contributed by atoms with van der Waals surface area (Å²) in [5, 5.41) is 10.6. The first kappa shape index (κ1) is 95.5. The van der Waals surface area contributed by atoms with Gasteiger partial charge in [0.1, 0.15) is 19.3 Å². The summed E-state index contributed by atoms with van der Waals surface area (Å²) in [6.45, 7) is 9.50. The molecule has 0 rings (SSSR count). The van der Waals surface area contributed by atoms with Crippen LogP contribution < -0.4 is 0 Å². The maximum absolute atomic E-state index is 13.1. The lowest BCUT2D eigenvalue weighted by atomic mass is 10.0. The minimum atomic E-state index is -4.97. The van der Waals surface area contributed by atoms with Crippen LogP contribution in [0.2, 0.25) is 0 Å². The number of allylic oxidation sites excluding steroid dienone is 4. The van der Waals surface area contributed by atoms with Crippen LogP contribution in [0.15, 0.2) is 24.3 Å². The zero-order valence-electron chi connectivity index (χ0n) is 63.6. The zero-order valence-corrected chi connectivity index (χ0v) is 65.4. The number of rotatable bonds is 76. The zero-order chi connectivity index (χ0) is 72.1. The van der Waals surface area contributed by atoms with Crippen molar-refractivity contribution in [1.82, 2.24) is 0 Å². The van der Waals surface area contributed by atoms with Crippen LogP contribution >= 0.6 is 15.6 Å². The number of esters is 4. The van der Waals surface area contributed by atoms with Crippen molar-refractivity contribution in [2.24, 2.45) is 11.8 Å². The van der Waals surface area contributed by atoms with E-state index in [1.165, 1.54) is 186 Å². The predicted molar refractivity (Wildman–Crippen MR) is 400 cm³/mol. The van der Waals surface area contributed by atoms with Crippen molar-refractivity contribution in [1.29, 1.82) is 0 Å². The largest absolute Gasteiger partial charge is 0.472 e. The summed E-state index contributed by atoms with van der Waals surface area (Å²) < 4.78 is 68.6. The fourth-order valence-corrected chi connectivity index (χ4v) is 13.2. The van der Waals surface area contributed by atoms with Crippen LogP contribution in [0.5, 0.6) is 0 Å². The molecule has 0 aliphatic rings. The molecule has 0 spiro atoms. The molecule has 0 radical (unpaired) electrons. The molecule has 0 bridgehead atoms. The highest BCUT2D eigenvalue weighted by atomic mass is 31.2. The number of aliphatic hydroxyl groups excluding tert-OH is 1. The number of hydrogen-bond acceptors (Lipinski definition) is 15. The quantitative estimate of drug-likeness (QED) is 0.0169. The average molecular weight is 1430 g/mol. The Kier molecular flexibility index (Phi) is 68.5. The highest BCUT2D eigenvalue weighted by Gasteiger charge is 2.30. The Bertz CT molecular complexity index is 1980. The third-order valence-electron chi connectivity index (χ3n) is 17.8. The summed E-state index contributed by atoms with van der Waals surface area (Å²) in [6.07, 6.45) is 61.9. The number of phosphoric acid groups is 2. The Hall–Kier alpha value is -2.46. The first-order chi connectivity index (χ1) is 47.4. The van der Waals surface area contributed by atoms with Gasteiger partial charge < -0.3 is 33.8 Å². The van der Waals surface area contributed by atoms with Crippen molar-refractivity contribution < 1.29 is 80.2 Å². The van der Waals surface area contributed by atoms with E-state index in [-0.39, 0.29) is 25.7 Å². The molecule has 0 heterocycles. The molecule has 98 heavy (non-hydrogen) atoms. The van der Waals surface area contributed by atoms with Gasteiger partial charge >= 0.3 is 39.5 Å². The summed E-state index contributed by atoms with van der Waals surface area (Å²) in [4.78, 5) is 72.9. The van der Waals surface area contributed by atoms with Crippen LogP contribution in [-0.2, 0) is 65.4 Å². The van der Waals surface area contributed by atoms with Crippen LogP contribution in [-0.4, -0.2) is 96.7 Å². The first-order valence-electron chi connectivity index (χ1n) is 40.3. The van der Waals surface area contributed by atoms with Crippen LogP contribution in [0, 0.1) is 11.8 Å². The molecule has 0 aromatic carbocycles. The standard InChI is InChI=1S/C79H150O17P2/c1-7-9-11-13-15-17-19-21-23-24-25-26-28-30-32-37-45-51-57-63-78(83)95-74(67-89-76(81)61-55-49-43-36-31-29-27-22-20-18-16-14-12-10-8-2)69-93-97(85,86)91-65-73(80)66-92-98(87,88)94-70-75(68-90-77(82)62-56-50-44-40-39-42-48-54-60-72(5)6)96-79(84)64-58-52-46-38-34-33-35-41-47-53-59-71(3)4/h18,20,22,27,71-75,80H,7-17,19,21,23-26,28-70H2,1-6H3,(H,85,86)(H,87,88)/b20-18-,27-22-/t73-,74-,75-/m1/s1. The number of unbranched alkanes of at least 4 members (excludes halogenated alkanes) is 43. The molecule has 0 aliphatic heterocycles. The van der Waals surface area contributed by atoms with Gasteiger partial charge in [-0.3, -0.25) is 37.3 Å². The minimum Gasteiger partial charge on any atom is -0.462 e. The molecule has 19 heteroatoms. The molecule has 0 saturated carbocycles. The average Bonchev–Trinajstić information content (AvgIpc) is 1.08. The van der Waals surface area contributed by atoms with Gasteiger partial charge in [0.25, 0.3) is 0 Å². The Morgan fingerprint density at radius 2 is 0.551 bits per heavy atom. The second kappa shape index (κ2) is 70.2. The number of carbonyl (C=O) groups excluding carboxylic acids is 4. The van der Waals surface area contributed by atoms with Crippen LogP contribution in [0.4, 0.5) is 0 Å². The molecule has 2 unspecified atom stereocenters. The molecule has 0 aromatic rings. The van der Waals surface area contributed by atoms with Gasteiger partial charge in [-0.1, -0.05) is 336 Å². The van der Waals surface area contributed by atoms with E-state index in [9.17, 15) is 43.2 Å². The van der Waals surface area contributed by atoms with Gasteiger partial charge in [-0.25, -0.2) is 9.13 Å². The normalized spacial score (nSPS) is 14.1. The van der Waals surface area contributed by atoms with Crippen LogP contribution in [0.25, 0.3) is 0 Å². The molecule has 578 valence electrons. The highest BCUT2D eigenvalue weighted by molar-refractivity contribution is 7.47. The van der Waals surface area contributed by atoms with Crippen molar-refractivity contribution in [3.8, 4) is 0 Å². The van der Waals surface area contributed by atoms with E-state index in [0.717, 1.165) is 121 Å². The molecule has 0 aromatic heterocycles. The van der Waals surface area contributed by atoms with Gasteiger partial charge in [0.15, 0.2) is 12.2 Å². The van der Waals surface area contributed by atoms with E-state index in [1.807, 2.05) is 0 Å². The third-order valence-corrected chi connectivity index (χ3v) is 19.7. The Morgan fingerprint density at radius 3 is 0.837 bits per heavy atom. The van der Waals surface area contributed by atoms with Crippen molar-refractivity contribution >= 4 is 39.5 Å². The lowest BCUT2D eigenvalue weighted by molar-refractivity contribution is -0.161. The van der Waals surface area contributed by atoms with Crippen molar-refractivity contribution in [2.75, 3.05) is 39.6 Å². The number of phosphoric ester groups is 2. The van der Waals surface area contributed by atoms with Gasteiger partial charge in [0.05, 0.1) is 26.4 Å².